The molecule has 2 aromatic heterocycles. The lowest BCUT2D eigenvalue weighted by Gasteiger charge is -2.12. The maximum Gasteiger partial charge on any atom is 0.339 e. The number of nitrogens with zero attached hydrogens (tertiary/aromatic N) is 5. The fourth-order valence-corrected chi connectivity index (χ4v) is 4.77. The normalized spacial score (nSPS) is 16.5. The van der Waals surface area contributed by atoms with E-state index < -0.39 is 5.97 Å². The van der Waals surface area contributed by atoms with Crippen LogP contribution in [0.15, 0.2) is 91.3 Å². The first-order valence-corrected chi connectivity index (χ1v) is 12.1. The molecule has 8 nitrogen and oxygen atoms in total. The molecule has 5 aromatic rings. The van der Waals surface area contributed by atoms with E-state index in [0.717, 1.165) is 40.2 Å². The Labute approximate surface area is 213 Å². The van der Waals surface area contributed by atoms with Gasteiger partial charge >= 0.3 is 5.97 Å². The van der Waals surface area contributed by atoms with Crippen molar-refractivity contribution in [2.45, 2.75) is 24.9 Å². The highest BCUT2D eigenvalue weighted by Gasteiger charge is 2.46. The van der Waals surface area contributed by atoms with Crippen LogP contribution in [0.4, 0.5) is 0 Å². The quantitative estimate of drug-likeness (QED) is 0.320. The molecule has 37 heavy (non-hydrogen) atoms. The second kappa shape index (κ2) is 9.39. The Morgan fingerprint density at radius 3 is 2.54 bits per heavy atom. The van der Waals surface area contributed by atoms with Gasteiger partial charge < -0.3 is 9.84 Å². The Morgan fingerprint density at radius 1 is 1.00 bits per heavy atom. The van der Waals surface area contributed by atoms with E-state index >= 15 is 0 Å². The van der Waals surface area contributed by atoms with Crippen molar-refractivity contribution in [2.75, 3.05) is 0 Å². The van der Waals surface area contributed by atoms with Gasteiger partial charge in [0.05, 0.1) is 23.3 Å². The number of aryl methyl sites for hydroxylation is 1. The molecule has 1 fully saturated rings. The second-order valence-corrected chi connectivity index (χ2v) is 9.28. The van der Waals surface area contributed by atoms with Crippen LogP contribution in [-0.4, -0.2) is 35.9 Å². The number of carboxylic acids is 1. The van der Waals surface area contributed by atoms with Crippen molar-refractivity contribution in [1.82, 2.24) is 24.8 Å². The second-order valence-electron chi connectivity index (χ2n) is 9.28. The minimum atomic E-state index is -0.981. The molecule has 1 N–H and O–H groups in total. The molecule has 0 radical (unpaired) electrons. The summed E-state index contributed by atoms with van der Waals surface area (Å²) in [7, 11) is 1.83. The monoisotopic (exact) mass is 491 g/mol. The number of carboxylic acid groups (broad SMARTS) is 1. The van der Waals surface area contributed by atoms with Crippen LogP contribution >= 0.6 is 0 Å². The van der Waals surface area contributed by atoms with Crippen LogP contribution in [-0.2, 0) is 13.7 Å². The van der Waals surface area contributed by atoms with Gasteiger partial charge in [-0.15, -0.1) is 5.10 Å². The molecule has 8 heteroatoms. The number of carbonyl (C=O) groups is 1. The van der Waals surface area contributed by atoms with Gasteiger partial charge in [0, 0.05) is 25.1 Å². The minimum Gasteiger partial charge on any atom is -0.489 e. The van der Waals surface area contributed by atoms with Crippen LogP contribution in [0.3, 0.4) is 0 Å². The average Bonchev–Trinajstić information content (AvgIpc) is 3.37. The summed E-state index contributed by atoms with van der Waals surface area (Å²) in [5.41, 5.74) is 5.69. The molecule has 184 valence electrons. The van der Waals surface area contributed by atoms with Crippen LogP contribution in [0.2, 0.25) is 0 Å². The van der Waals surface area contributed by atoms with E-state index in [9.17, 15) is 9.90 Å². The Morgan fingerprint density at radius 2 is 1.78 bits per heavy atom. The van der Waals surface area contributed by atoms with E-state index in [2.05, 4.69) is 15.4 Å². The van der Waals surface area contributed by atoms with Crippen LogP contribution in [0, 0.1) is 0 Å². The number of rotatable bonds is 8. The van der Waals surface area contributed by atoms with E-state index in [4.69, 9.17) is 4.74 Å². The Hall–Kier alpha value is -4.72. The summed E-state index contributed by atoms with van der Waals surface area (Å²) < 4.78 is 9.44. The van der Waals surface area contributed by atoms with Gasteiger partial charge in [-0.2, -0.15) is 5.10 Å². The third-order valence-electron chi connectivity index (χ3n) is 6.69. The average molecular weight is 492 g/mol. The first-order valence-electron chi connectivity index (χ1n) is 12.1. The Bertz CT molecular complexity index is 1570. The molecule has 2 heterocycles. The van der Waals surface area contributed by atoms with Crippen molar-refractivity contribution in [2.24, 2.45) is 7.05 Å². The molecular formula is C29H25N5O3. The summed E-state index contributed by atoms with van der Waals surface area (Å²) in [5, 5.41) is 22.6. The van der Waals surface area contributed by atoms with Gasteiger partial charge in [0.1, 0.15) is 17.9 Å². The first kappa shape index (κ1) is 22.7. The van der Waals surface area contributed by atoms with Gasteiger partial charge in [-0.1, -0.05) is 59.8 Å². The van der Waals surface area contributed by atoms with Gasteiger partial charge in [0.25, 0.3) is 0 Å². The van der Waals surface area contributed by atoms with E-state index in [0.29, 0.717) is 12.3 Å². The minimum absolute atomic E-state index is 0.0173. The third-order valence-corrected chi connectivity index (χ3v) is 6.69. The molecule has 6 rings (SSSR count). The summed E-state index contributed by atoms with van der Waals surface area (Å²) >= 11 is 0. The summed E-state index contributed by atoms with van der Waals surface area (Å²) in [6.45, 7) is 0.493. The predicted molar refractivity (Wildman–Crippen MR) is 138 cm³/mol. The van der Waals surface area contributed by atoms with Crippen molar-refractivity contribution in [3.63, 3.8) is 0 Å². The first-order chi connectivity index (χ1) is 18.1. The molecular weight excluding hydrogens is 466 g/mol. The lowest BCUT2D eigenvalue weighted by Crippen LogP contribution is -2.06. The fraction of sp³-hybridized carbons (Fsp3) is 0.172. The van der Waals surface area contributed by atoms with E-state index in [1.807, 2.05) is 92.1 Å². The number of ether oxygens (including phenoxy) is 1. The largest absolute Gasteiger partial charge is 0.489 e. The number of hydrogen-bond acceptors (Lipinski definition) is 5. The smallest absolute Gasteiger partial charge is 0.339 e. The molecule has 0 saturated heterocycles. The van der Waals surface area contributed by atoms with Gasteiger partial charge in [-0.25, -0.2) is 9.48 Å². The molecule has 1 saturated carbocycles. The molecule has 1 aliphatic rings. The van der Waals surface area contributed by atoms with Gasteiger partial charge in [0.2, 0.25) is 0 Å². The lowest BCUT2D eigenvalue weighted by molar-refractivity contribution is 0.0695. The molecule has 1 aliphatic carbocycles. The zero-order valence-corrected chi connectivity index (χ0v) is 20.2. The summed E-state index contributed by atoms with van der Waals surface area (Å²) in [6.07, 6.45) is 4.14. The highest BCUT2D eigenvalue weighted by Crippen LogP contribution is 2.55. The maximum atomic E-state index is 12.0. The van der Waals surface area contributed by atoms with E-state index in [1.165, 1.54) is 6.20 Å². The van der Waals surface area contributed by atoms with Crippen molar-refractivity contribution in [3.05, 3.63) is 114 Å². The predicted octanol–water partition coefficient (Wildman–Crippen LogP) is 5.22. The van der Waals surface area contributed by atoms with Gasteiger partial charge in [-0.3, -0.25) is 4.68 Å². The lowest BCUT2D eigenvalue weighted by atomic mass is 10.0. The summed E-state index contributed by atoms with van der Waals surface area (Å²) in [6, 6.07) is 26.0. The number of hydrogen-bond donors (Lipinski definition) is 1. The number of benzene rings is 3. The van der Waals surface area contributed by atoms with Crippen molar-refractivity contribution in [1.29, 1.82) is 0 Å². The Balaban J connectivity index is 1.29. The summed E-state index contributed by atoms with van der Waals surface area (Å²) in [5.74, 6) is -0.0532. The van der Waals surface area contributed by atoms with Crippen molar-refractivity contribution < 1.29 is 14.6 Å². The molecule has 0 spiro atoms. The van der Waals surface area contributed by atoms with Crippen LogP contribution in [0.5, 0.6) is 5.75 Å². The van der Waals surface area contributed by atoms with Crippen molar-refractivity contribution >= 4 is 5.97 Å². The number of aromatic nitrogens is 5. The summed E-state index contributed by atoms with van der Waals surface area (Å²) in [4.78, 5) is 12.0. The standard InChI is InChI=1S/C29H25N5O3/c1-33-17-27(31-32-33)24-15-25(24)28-26(29(35)36)16-30-34(28)22-11-5-9-20(13-22)21-10-6-12-23(14-21)37-18-19-7-3-2-4-8-19/h2-14,16-17,24-25H,15,18H2,1H3,(H,35,36). The Kier molecular flexibility index (Phi) is 5.76. The topological polar surface area (TPSA) is 95.1 Å². The molecule has 3 aromatic carbocycles. The maximum absolute atomic E-state index is 12.0. The molecule has 0 amide bonds. The van der Waals surface area contributed by atoms with Gasteiger partial charge in [0.15, 0.2) is 0 Å². The molecule has 2 unspecified atom stereocenters. The van der Waals surface area contributed by atoms with Gasteiger partial charge in [-0.05, 0) is 47.4 Å². The zero-order valence-electron chi connectivity index (χ0n) is 20.2. The highest BCUT2D eigenvalue weighted by molar-refractivity contribution is 5.89. The fourth-order valence-electron chi connectivity index (χ4n) is 4.77. The molecule has 2 atom stereocenters. The number of aromatic carboxylic acids is 1. The van der Waals surface area contributed by atoms with Crippen LogP contribution < -0.4 is 4.74 Å². The third kappa shape index (κ3) is 4.61. The zero-order chi connectivity index (χ0) is 25.4. The highest BCUT2D eigenvalue weighted by atomic mass is 16.5. The van der Waals surface area contributed by atoms with Crippen molar-refractivity contribution in [3.8, 4) is 22.6 Å². The van der Waals surface area contributed by atoms with E-state index in [1.54, 1.807) is 9.36 Å². The molecule has 0 bridgehead atoms. The van der Waals surface area contributed by atoms with E-state index in [-0.39, 0.29) is 17.4 Å². The van der Waals surface area contributed by atoms with Crippen LogP contribution in [0.25, 0.3) is 16.8 Å². The SMILES string of the molecule is Cn1cc(C2CC2c2c(C(=O)O)cnn2-c2cccc(-c3cccc(OCc4ccccc4)c3)c2)nn1. The van der Waals surface area contributed by atoms with Crippen LogP contribution in [0.1, 0.15) is 45.6 Å². The molecule has 0 aliphatic heterocycles.